The number of rotatable bonds is 6. The van der Waals surface area contributed by atoms with E-state index in [1.807, 2.05) is 71.3 Å². The maximum absolute atomic E-state index is 13.2. The number of aryl methyl sites for hydroxylation is 1. The minimum absolute atomic E-state index is 0.0700. The van der Waals surface area contributed by atoms with Crippen molar-refractivity contribution < 1.29 is 14.0 Å². The number of hydrogen-bond acceptors (Lipinski definition) is 4. The van der Waals surface area contributed by atoms with Crippen LogP contribution < -0.4 is 0 Å². The highest BCUT2D eigenvalue weighted by atomic mass is 16.3. The second-order valence-corrected chi connectivity index (χ2v) is 8.86. The molecule has 2 heterocycles. The van der Waals surface area contributed by atoms with Crippen molar-refractivity contribution in [3.63, 3.8) is 0 Å². The third-order valence-electron chi connectivity index (χ3n) is 6.47. The van der Waals surface area contributed by atoms with Gasteiger partial charge in [0.2, 0.25) is 5.91 Å². The van der Waals surface area contributed by atoms with Crippen molar-refractivity contribution in [1.29, 1.82) is 0 Å². The third kappa shape index (κ3) is 4.41. The Balaban J connectivity index is 1.19. The molecular weight excluding hydrogens is 402 g/mol. The molecule has 32 heavy (non-hydrogen) atoms. The van der Waals surface area contributed by atoms with Crippen LogP contribution in [-0.4, -0.2) is 65.3 Å². The Bertz CT molecular complexity index is 1120. The van der Waals surface area contributed by atoms with E-state index >= 15 is 0 Å². The van der Waals surface area contributed by atoms with Crippen LogP contribution >= 0.6 is 0 Å². The van der Waals surface area contributed by atoms with E-state index in [1.165, 1.54) is 0 Å². The first-order valence-electron chi connectivity index (χ1n) is 11.4. The quantitative estimate of drug-likeness (QED) is 0.597. The van der Waals surface area contributed by atoms with Crippen molar-refractivity contribution >= 4 is 22.6 Å². The molecule has 2 fully saturated rings. The lowest BCUT2D eigenvalue weighted by atomic mass is 10.0. The minimum atomic E-state index is 0.0700. The predicted octanol–water partition coefficient (Wildman–Crippen LogP) is 3.69. The van der Waals surface area contributed by atoms with Crippen molar-refractivity contribution in [1.82, 2.24) is 14.7 Å². The lowest BCUT2D eigenvalue weighted by molar-refractivity contribution is -0.134. The molecule has 1 aliphatic carbocycles. The van der Waals surface area contributed by atoms with E-state index in [-0.39, 0.29) is 11.8 Å². The van der Waals surface area contributed by atoms with Crippen LogP contribution in [0.1, 0.15) is 34.7 Å². The van der Waals surface area contributed by atoms with Gasteiger partial charge in [0.15, 0.2) is 0 Å². The number of piperazine rings is 1. The van der Waals surface area contributed by atoms with Crippen LogP contribution in [0.2, 0.25) is 0 Å². The van der Waals surface area contributed by atoms with Gasteiger partial charge in [0.1, 0.15) is 11.5 Å². The summed E-state index contributed by atoms with van der Waals surface area (Å²) in [6, 6.07) is 18.1. The minimum Gasteiger partial charge on any atom is -0.464 e. The molecule has 1 saturated heterocycles. The van der Waals surface area contributed by atoms with E-state index in [1.54, 1.807) is 0 Å². The second kappa shape index (κ2) is 8.79. The van der Waals surface area contributed by atoms with E-state index in [4.69, 9.17) is 4.42 Å². The molecule has 5 rings (SSSR count). The summed E-state index contributed by atoms with van der Waals surface area (Å²) in [4.78, 5) is 32.3. The number of amides is 2. The Hall–Kier alpha value is -3.12. The van der Waals surface area contributed by atoms with Crippen LogP contribution in [0.15, 0.2) is 59.0 Å². The van der Waals surface area contributed by atoms with Gasteiger partial charge in [-0.3, -0.25) is 14.5 Å². The molecule has 3 aromatic rings. The van der Waals surface area contributed by atoms with E-state index < -0.39 is 0 Å². The Morgan fingerprint density at radius 1 is 0.969 bits per heavy atom. The third-order valence-corrected chi connectivity index (χ3v) is 6.47. The molecule has 2 amide bonds. The number of carbonyl (C=O) groups is 2. The topological polar surface area (TPSA) is 57.0 Å². The largest absolute Gasteiger partial charge is 0.464 e. The van der Waals surface area contributed by atoms with Crippen molar-refractivity contribution in [2.24, 2.45) is 0 Å². The van der Waals surface area contributed by atoms with Gasteiger partial charge >= 0.3 is 0 Å². The summed E-state index contributed by atoms with van der Waals surface area (Å²) in [7, 11) is 0. The van der Waals surface area contributed by atoms with Gasteiger partial charge in [-0.05, 0) is 48.7 Å². The van der Waals surface area contributed by atoms with E-state index in [0.717, 1.165) is 40.7 Å². The fourth-order valence-corrected chi connectivity index (χ4v) is 4.52. The van der Waals surface area contributed by atoms with Gasteiger partial charge in [-0.25, -0.2) is 0 Å². The Labute approximate surface area is 188 Å². The zero-order valence-corrected chi connectivity index (χ0v) is 18.5. The number of carbonyl (C=O) groups excluding carboxylic acids is 2. The van der Waals surface area contributed by atoms with E-state index in [9.17, 15) is 9.59 Å². The van der Waals surface area contributed by atoms with Gasteiger partial charge in [0.25, 0.3) is 5.91 Å². The molecule has 0 spiro atoms. The molecule has 0 radical (unpaired) electrons. The standard InChI is InChI=1S/C26H29N3O3/c1-19-9-12-22(32-19)17-29(21-10-11-21)25(30)18-27-13-15-28(16-14-27)26(31)24-8-4-6-20-5-2-3-7-23(20)24/h2-9,12,21H,10-11,13-18H2,1H3. The van der Waals surface area contributed by atoms with E-state index in [0.29, 0.717) is 45.3 Å². The summed E-state index contributed by atoms with van der Waals surface area (Å²) in [6.07, 6.45) is 2.14. The first-order valence-corrected chi connectivity index (χ1v) is 11.4. The first-order chi connectivity index (χ1) is 15.6. The number of furan rings is 1. The molecule has 6 nitrogen and oxygen atoms in total. The van der Waals surface area contributed by atoms with Gasteiger partial charge in [0.05, 0.1) is 13.1 Å². The molecule has 2 aromatic carbocycles. The van der Waals surface area contributed by atoms with Gasteiger partial charge in [-0.1, -0.05) is 36.4 Å². The SMILES string of the molecule is Cc1ccc(CN(C(=O)CN2CCN(C(=O)c3cccc4ccccc34)CC2)C2CC2)o1. The highest BCUT2D eigenvalue weighted by molar-refractivity contribution is 6.07. The van der Waals surface area contributed by atoms with Gasteiger partial charge in [-0.2, -0.15) is 0 Å². The maximum atomic E-state index is 13.2. The molecule has 2 aliphatic rings. The summed E-state index contributed by atoms with van der Waals surface area (Å²) in [5.41, 5.74) is 0.751. The summed E-state index contributed by atoms with van der Waals surface area (Å²) >= 11 is 0. The lowest BCUT2D eigenvalue weighted by Gasteiger charge is -2.35. The van der Waals surface area contributed by atoms with Crippen LogP contribution in [0.25, 0.3) is 10.8 Å². The maximum Gasteiger partial charge on any atom is 0.254 e. The number of benzene rings is 2. The highest BCUT2D eigenvalue weighted by Gasteiger charge is 2.34. The van der Waals surface area contributed by atoms with Gasteiger partial charge in [-0.15, -0.1) is 0 Å². The average molecular weight is 432 g/mol. The number of fused-ring (bicyclic) bond motifs is 1. The van der Waals surface area contributed by atoms with Crippen LogP contribution in [0.4, 0.5) is 0 Å². The lowest BCUT2D eigenvalue weighted by Crippen LogP contribution is -2.51. The fraction of sp³-hybridized carbons (Fsp3) is 0.385. The van der Waals surface area contributed by atoms with Gasteiger partial charge in [0, 0.05) is 37.8 Å². The van der Waals surface area contributed by atoms with E-state index in [2.05, 4.69) is 4.90 Å². The molecule has 1 aromatic heterocycles. The van der Waals surface area contributed by atoms with Crippen molar-refractivity contribution in [2.45, 2.75) is 32.4 Å². The summed E-state index contributed by atoms with van der Waals surface area (Å²) in [5, 5.41) is 2.07. The monoisotopic (exact) mass is 431 g/mol. The summed E-state index contributed by atoms with van der Waals surface area (Å²) in [5.74, 6) is 1.93. The van der Waals surface area contributed by atoms with Gasteiger partial charge < -0.3 is 14.2 Å². The number of hydrogen-bond donors (Lipinski definition) is 0. The summed E-state index contributed by atoms with van der Waals surface area (Å²) in [6.45, 7) is 5.54. The Kier molecular flexibility index (Phi) is 5.70. The molecule has 0 unspecified atom stereocenters. The molecule has 1 aliphatic heterocycles. The molecule has 1 saturated carbocycles. The molecule has 6 heteroatoms. The smallest absolute Gasteiger partial charge is 0.254 e. The predicted molar refractivity (Wildman–Crippen MR) is 123 cm³/mol. The van der Waals surface area contributed by atoms with Crippen LogP contribution in [0.5, 0.6) is 0 Å². The van der Waals surface area contributed by atoms with Crippen molar-refractivity contribution in [2.75, 3.05) is 32.7 Å². The molecular formula is C26H29N3O3. The zero-order chi connectivity index (χ0) is 22.1. The number of nitrogens with zero attached hydrogens (tertiary/aromatic N) is 3. The first kappa shape index (κ1) is 20.8. The molecule has 0 bridgehead atoms. The highest BCUT2D eigenvalue weighted by Crippen LogP contribution is 2.29. The summed E-state index contributed by atoms with van der Waals surface area (Å²) < 4.78 is 5.69. The van der Waals surface area contributed by atoms with Crippen LogP contribution in [0.3, 0.4) is 0 Å². The molecule has 166 valence electrons. The Morgan fingerprint density at radius 2 is 1.72 bits per heavy atom. The van der Waals surface area contributed by atoms with Crippen molar-refractivity contribution in [3.8, 4) is 0 Å². The van der Waals surface area contributed by atoms with Crippen LogP contribution in [-0.2, 0) is 11.3 Å². The second-order valence-electron chi connectivity index (χ2n) is 8.86. The molecule has 0 atom stereocenters. The molecule has 0 N–H and O–H groups in total. The fourth-order valence-electron chi connectivity index (χ4n) is 4.52. The normalized spacial score (nSPS) is 17.0. The zero-order valence-electron chi connectivity index (χ0n) is 18.5. The Morgan fingerprint density at radius 3 is 2.44 bits per heavy atom. The average Bonchev–Trinajstić information content (AvgIpc) is 3.58. The van der Waals surface area contributed by atoms with Crippen LogP contribution in [0, 0.1) is 6.92 Å². The van der Waals surface area contributed by atoms with Crippen molar-refractivity contribution in [3.05, 3.63) is 71.7 Å².